The molecule has 1 amide bonds. The summed E-state index contributed by atoms with van der Waals surface area (Å²) in [6, 6.07) is 7.05. The fraction of sp³-hybridized carbons (Fsp3) is 0.176. The van der Waals surface area contributed by atoms with Crippen LogP contribution in [0.25, 0.3) is 6.08 Å². The van der Waals surface area contributed by atoms with E-state index in [4.69, 9.17) is 4.74 Å². The zero-order valence-corrected chi connectivity index (χ0v) is 12.9. The summed E-state index contributed by atoms with van der Waals surface area (Å²) in [7, 11) is 0. The average Bonchev–Trinajstić information content (AvgIpc) is 2.55. The third kappa shape index (κ3) is 5.03. The third-order valence-electron chi connectivity index (χ3n) is 2.88. The predicted molar refractivity (Wildman–Crippen MR) is 86.8 cm³/mol. The molecule has 0 atom stereocenters. The molecule has 0 radical (unpaired) electrons. The van der Waals surface area contributed by atoms with E-state index >= 15 is 0 Å². The molecule has 1 aromatic carbocycles. The van der Waals surface area contributed by atoms with Crippen molar-refractivity contribution < 1.29 is 14.3 Å². The van der Waals surface area contributed by atoms with Gasteiger partial charge >= 0.3 is 5.97 Å². The van der Waals surface area contributed by atoms with Crippen molar-refractivity contribution in [2.45, 2.75) is 13.8 Å². The van der Waals surface area contributed by atoms with Crippen LogP contribution in [0.1, 0.15) is 28.7 Å². The SMILES string of the molecule is CCOC(=O)/C=C/c1ccc(NC(=O)c2cnc(C)cn2)cc1. The molecule has 23 heavy (non-hydrogen) atoms. The molecule has 6 heteroatoms. The van der Waals surface area contributed by atoms with E-state index in [1.807, 2.05) is 0 Å². The molecule has 2 rings (SSSR count). The van der Waals surface area contributed by atoms with Gasteiger partial charge in [-0.25, -0.2) is 9.78 Å². The third-order valence-corrected chi connectivity index (χ3v) is 2.88. The summed E-state index contributed by atoms with van der Waals surface area (Å²) >= 11 is 0. The van der Waals surface area contributed by atoms with Crippen LogP contribution in [0.15, 0.2) is 42.7 Å². The molecule has 0 unspecified atom stereocenters. The molecule has 0 saturated heterocycles. The van der Waals surface area contributed by atoms with E-state index in [0.29, 0.717) is 12.3 Å². The van der Waals surface area contributed by atoms with E-state index in [1.54, 1.807) is 44.2 Å². The molecule has 6 nitrogen and oxygen atoms in total. The number of amides is 1. The van der Waals surface area contributed by atoms with Gasteiger partial charge in [-0.1, -0.05) is 12.1 Å². The summed E-state index contributed by atoms with van der Waals surface area (Å²) in [6.45, 7) is 3.90. The number of esters is 1. The van der Waals surface area contributed by atoms with Gasteiger partial charge in [0.25, 0.3) is 5.91 Å². The van der Waals surface area contributed by atoms with Gasteiger partial charge < -0.3 is 10.1 Å². The zero-order chi connectivity index (χ0) is 16.7. The summed E-state index contributed by atoms with van der Waals surface area (Å²) in [6.07, 6.45) is 5.98. The van der Waals surface area contributed by atoms with E-state index in [0.717, 1.165) is 11.3 Å². The Morgan fingerprint density at radius 1 is 1.17 bits per heavy atom. The number of carbonyl (C=O) groups excluding carboxylic acids is 2. The van der Waals surface area contributed by atoms with E-state index < -0.39 is 0 Å². The largest absolute Gasteiger partial charge is 0.463 e. The second-order valence-electron chi connectivity index (χ2n) is 4.70. The van der Waals surface area contributed by atoms with Gasteiger partial charge in [-0.05, 0) is 37.6 Å². The number of nitrogens with one attached hydrogen (secondary N) is 1. The predicted octanol–water partition coefficient (Wildman–Crippen LogP) is 2.61. The quantitative estimate of drug-likeness (QED) is 0.678. The maximum Gasteiger partial charge on any atom is 0.330 e. The number of aryl methyl sites for hydroxylation is 1. The Balaban J connectivity index is 1.98. The topological polar surface area (TPSA) is 81.2 Å². The molecule has 1 N–H and O–H groups in total. The number of hydrogen-bond donors (Lipinski definition) is 1. The van der Waals surface area contributed by atoms with Gasteiger partial charge in [0.1, 0.15) is 5.69 Å². The number of ether oxygens (including phenoxy) is 1. The van der Waals surface area contributed by atoms with E-state index in [1.165, 1.54) is 18.5 Å². The Morgan fingerprint density at radius 3 is 2.52 bits per heavy atom. The number of aromatic nitrogens is 2. The standard InChI is InChI=1S/C17H17N3O3/c1-3-23-16(21)9-6-13-4-7-14(8-5-13)20-17(22)15-11-18-12(2)10-19-15/h4-11H,3H2,1-2H3,(H,20,22)/b9-6+. The molecule has 0 spiro atoms. The lowest BCUT2D eigenvalue weighted by Gasteiger charge is -2.05. The highest BCUT2D eigenvalue weighted by molar-refractivity contribution is 6.02. The molecule has 0 aliphatic rings. The first-order valence-corrected chi connectivity index (χ1v) is 7.13. The first-order valence-electron chi connectivity index (χ1n) is 7.13. The van der Waals surface area contributed by atoms with Gasteiger partial charge in [0.2, 0.25) is 0 Å². The molecular weight excluding hydrogens is 294 g/mol. The van der Waals surface area contributed by atoms with E-state index in [-0.39, 0.29) is 17.6 Å². The highest BCUT2D eigenvalue weighted by Crippen LogP contribution is 2.12. The van der Waals surface area contributed by atoms with Crippen LogP contribution < -0.4 is 5.32 Å². The normalized spacial score (nSPS) is 10.5. The lowest BCUT2D eigenvalue weighted by atomic mass is 10.2. The molecule has 0 saturated carbocycles. The molecule has 1 heterocycles. The van der Waals surface area contributed by atoms with Crippen LogP contribution in [0.2, 0.25) is 0 Å². The molecule has 1 aromatic heterocycles. The average molecular weight is 311 g/mol. The Hall–Kier alpha value is -3.02. The molecule has 0 aliphatic carbocycles. The molecule has 0 fully saturated rings. The van der Waals surface area contributed by atoms with Crippen LogP contribution in [-0.4, -0.2) is 28.5 Å². The van der Waals surface area contributed by atoms with Crippen molar-refractivity contribution in [3.05, 3.63) is 59.7 Å². The molecular formula is C17H17N3O3. The number of nitrogens with zero attached hydrogens (tertiary/aromatic N) is 2. The zero-order valence-electron chi connectivity index (χ0n) is 12.9. The van der Waals surface area contributed by atoms with Crippen LogP contribution >= 0.6 is 0 Å². The Bertz CT molecular complexity index is 707. The van der Waals surface area contributed by atoms with Crippen molar-refractivity contribution >= 4 is 23.6 Å². The number of anilines is 1. The van der Waals surface area contributed by atoms with Crippen LogP contribution in [-0.2, 0) is 9.53 Å². The minimum atomic E-state index is -0.386. The smallest absolute Gasteiger partial charge is 0.330 e. The van der Waals surface area contributed by atoms with Gasteiger partial charge in [-0.15, -0.1) is 0 Å². The summed E-state index contributed by atoms with van der Waals surface area (Å²) in [5.41, 5.74) is 2.46. The minimum Gasteiger partial charge on any atom is -0.463 e. The lowest BCUT2D eigenvalue weighted by molar-refractivity contribution is -0.137. The second kappa shape index (κ2) is 7.84. The number of benzene rings is 1. The van der Waals surface area contributed by atoms with Crippen LogP contribution in [0.5, 0.6) is 0 Å². The summed E-state index contributed by atoms with van der Waals surface area (Å²) < 4.78 is 4.80. The fourth-order valence-electron chi connectivity index (χ4n) is 1.74. The van der Waals surface area contributed by atoms with Gasteiger partial charge in [0, 0.05) is 18.0 Å². The van der Waals surface area contributed by atoms with Crippen LogP contribution in [0.3, 0.4) is 0 Å². The van der Waals surface area contributed by atoms with Crippen molar-refractivity contribution in [3.8, 4) is 0 Å². The number of carbonyl (C=O) groups is 2. The Kier molecular flexibility index (Phi) is 5.57. The second-order valence-corrected chi connectivity index (χ2v) is 4.70. The van der Waals surface area contributed by atoms with Gasteiger partial charge in [-0.2, -0.15) is 0 Å². The Labute approximate surface area is 134 Å². The molecule has 2 aromatic rings. The maximum absolute atomic E-state index is 12.0. The molecule has 0 bridgehead atoms. The van der Waals surface area contributed by atoms with Crippen molar-refractivity contribution in [2.75, 3.05) is 11.9 Å². The monoisotopic (exact) mass is 311 g/mol. The van der Waals surface area contributed by atoms with Crippen LogP contribution in [0, 0.1) is 6.92 Å². The number of rotatable bonds is 5. The lowest BCUT2D eigenvalue weighted by Crippen LogP contribution is -2.14. The fourth-order valence-corrected chi connectivity index (χ4v) is 1.74. The van der Waals surface area contributed by atoms with Crippen LogP contribution in [0.4, 0.5) is 5.69 Å². The summed E-state index contributed by atoms with van der Waals surface area (Å²) in [5.74, 6) is -0.713. The molecule has 118 valence electrons. The van der Waals surface area contributed by atoms with Crippen molar-refractivity contribution in [1.29, 1.82) is 0 Å². The van der Waals surface area contributed by atoms with Gasteiger partial charge in [0.05, 0.1) is 18.5 Å². The van der Waals surface area contributed by atoms with Gasteiger partial charge in [-0.3, -0.25) is 9.78 Å². The van der Waals surface area contributed by atoms with Crippen molar-refractivity contribution in [2.24, 2.45) is 0 Å². The van der Waals surface area contributed by atoms with E-state index in [2.05, 4.69) is 15.3 Å². The molecule has 0 aliphatic heterocycles. The highest BCUT2D eigenvalue weighted by atomic mass is 16.5. The minimum absolute atomic E-state index is 0.252. The highest BCUT2D eigenvalue weighted by Gasteiger charge is 2.07. The number of hydrogen-bond acceptors (Lipinski definition) is 5. The first-order chi connectivity index (χ1) is 11.1. The summed E-state index contributed by atoms with van der Waals surface area (Å²) in [4.78, 5) is 31.3. The van der Waals surface area contributed by atoms with Crippen molar-refractivity contribution in [1.82, 2.24) is 9.97 Å². The van der Waals surface area contributed by atoms with Crippen molar-refractivity contribution in [3.63, 3.8) is 0 Å². The first kappa shape index (κ1) is 16.4. The Morgan fingerprint density at radius 2 is 1.91 bits per heavy atom. The summed E-state index contributed by atoms with van der Waals surface area (Å²) in [5, 5.41) is 2.73. The van der Waals surface area contributed by atoms with E-state index in [9.17, 15) is 9.59 Å². The van der Waals surface area contributed by atoms with Gasteiger partial charge in [0.15, 0.2) is 0 Å². The maximum atomic E-state index is 12.0.